The first-order chi connectivity index (χ1) is 17.5. The lowest BCUT2D eigenvalue weighted by Crippen LogP contribution is -2.26. The van der Waals surface area contributed by atoms with E-state index in [0.717, 1.165) is 34.1 Å². The molecule has 1 N–H and O–H groups in total. The second kappa shape index (κ2) is 10.4. The summed E-state index contributed by atoms with van der Waals surface area (Å²) in [5.74, 6) is -3.25. The Morgan fingerprint density at radius 2 is 1.59 bits per heavy atom. The van der Waals surface area contributed by atoms with Crippen molar-refractivity contribution in [3.05, 3.63) is 100 Å². The zero-order valence-electron chi connectivity index (χ0n) is 19.8. The van der Waals surface area contributed by atoms with Crippen molar-refractivity contribution in [2.45, 2.75) is 32.7 Å². The maximum absolute atomic E-state index is 14.1. The molecule has 0 unspecified atom stereocenters. The number of hydrogen-bond donors (Lipinski definition) is 1. The average Bonchev–Trinajstić information content (AvgIpc) is 3.45. The number of carbonyl (C=O) groups excluding carboxylic acids is 1. The Bertz CT molecular complexity index is 1390. The van der Waals surface area contributed by atoms with Crippen LogP contribution in [0, 0.1) is 18.6 Å². The first-order valence-corrected chi connectivity index (χ1v) is 11.0. The number of amides is 1. The molecule has 7 nitrogen and oxygen atoms in total. The molecule has 0 radical (unpaired) electrons. The second-order valence-electron chi connectivity index (χ2n) is 8.37. The van der Waals surface area contributed by atoms with E-state index in [-0.39, 0.29) is 12.3 Å². The Kier molecular flexibility index (Phi) is 7.28. The number of alkyl halides is 3. The van der Waals surface area contributed by atoms with Crippen LogP contribution in [0.2, 0.25) is 0 Å². The van der Waals surface area contributed by atoms with E-state index in [1.807, 2.05) is 25.3 Å². The number of hydrogen-bond acceptors (Lipinski definition) is 4. The number of aromatic nitrogens is 4. The third-order valence-electron chi connectivity index (χ3n) is 5.53. The van der Waals surface area contributed by atoms with Crippen LogP contribution in [-0.4, -0.2) is 32.6 Å². The van der Waals surface area contributed by atoms with Crippen molar-refractivity contribution in [1.82, 2.24) is 24.9 Å². The number of nitrogens with zero attached hydrogens (tertiary/aromatic N) is 4. The molecule has 0 atom stereocenters. The minimum atomic E-state index is -4.92. The number of nitrogens with one attached hydrogen (secondary N) is 1. The number of aryl methyl sites for hydroxylation is 1. The van der Waals surface area contributed by atoms with Gasteiger partial charge in [0.1, 0.15) is 17.4 Å². The summed E-state index contributed by atoms with van der Waals surface area (Å²) < 4.78 is 76.6. The van der Waals surface area contributed by atoms with Gasteiger partial charge in [0.15, 0.2) is 5.69 Å². The highest BCUT2D eigenvalue weighted by Gasteiger charge is 2.39. The molecule has 2 aromatic heterocycles. The van der Waals surface area contributed by atoms with Crippen LogP contribution in [0.4, 0.5) is 22.0 Å². The fourth-order valence-electron chi connectivity index (χ4n) is 3.69. The molecule has 4 aromatic rings. The van der Waals surface area contributed by atoms with Gasteiger partial charge >= 0.3 is 6.18 Å². The number of carbonyl (C=O) groups is 1. The molecular formula is C25H22F5N5O2. The fraction of sp³-hybridized carbons (Fsp3) is 0.240. The predicted octanol–water partition coefficient (Wildman–Crippen LogP) is 4.72. The zero-order chi connectivity index (χ0) is 26.7. The van der Waals surface area contributed by atoms with Crippen LogP contribution >= 0.6 is 0 Å². The fourth-order valence-corrected chi connectivity index (χ4v) is 3.69. The van der Waals surface area contributed by atoms with E-state index in [9.17, 15) is 26.7 Å². The third-order valence-corrected chi connectivity index (χ3v) is 5.53. The summed E-state index contributed by atoms with van der Waals surface area (Å²) in [7, 11) is 1.22. The summed E-state index contributed by atoms with van der Waals surface area (Å²) in [5.41, 5.74) is -0.0403. The molecule has 2 heterocycles. The van der Waals surface area contributed by atoms with Crippen LogP contribution in [0.1, 0.15) is 38.3 Å². The Morgan fingerprint density at radius 3 is 2.11 bits per heavy atom. The summed E-state index contributed by atoms with van der Waals surface area (Å²) in [4.78, 5) is 12.6. The van der Waals surface area contributed by atoms with Gasteiger partial charge in [-0.25, -0.2) is 8.78 Å². The normalized spacial score (nSPS) is 11.5. The summed E-state index contributed by atoms with van der Waals surface area (Å²) in [6.45, 7) is 1.77. The van der Waals surface area contributed by atoms with E-state index in [2.05, 4.69) is 15.5 Å². The van der Waals surface area contributed by atoms with Gasteiger partial charge in [-0.05, 0) is 23.6 Å². The first-order valence-electron chi connectivity index (χ1n) is 11.0. The highest BCUT2D eigenvalue weighted by Crippen LogP contribution is 2.31. The van der Waals surface area contributed by atoms with E-state index in [1.54, 1.807) is 23.0 Å². The minimum Gasteiger partial charge on any atom is -0.497 e. The monoisotopic (exact) mass is 519 g/mol. The number of halogens is 5. The standard InChI is InChI=1S/C25H22F5N5O2/c1-15-9-32-34(11-15)12-16-3-5-17(6-4-16)13-35-14-20(23(33-35)25(28,29)30)24(36)31-10-19-21(26)7-18(37-2)8-22(19)27/h3-9,11,14H,10,12-13H2,1-2H3,(H,31,36). The van der Waals surface area contributed by atoms with Crippen LogP contribution in [0.25, 0.3) is 0 Å². The Balaban J connectivity index is 1.49. The van der Waals surface area contributed by atoms with Gasteiger partial charge in [-0.1, -0.05) is 24.3 Å². The molecule has 0 aliphatic carbocycles. The van der Waals surface area contributed by atoms with Crippen molar-refractivity contribution in [3.8, 4) is 5.75 Å². The van der Waals surface area contributed by atoms with Gasteiger partial charge < -0.3 is 10.1 Å². The van der Waals surface area contributed by atoms with E-state index < -0.39 is 47.1 Å². The molecule has 0 bridgehead atoms. The Labute approximate surface area is 208 Å². The SMILES string of the molecule is COc1cc(F)c(CNC(=O)c2cn(Cc3ccc(Cn4cc(C)cn4)cc3)nc2C(F)(F)F)c(F)c1. The van der Waals surface area contributed by atoms with Crippen molar-refractivity contribution in [3.63, 3.8) is 0 Å². The molecule has 1 amide bonds. The lowest BCUT2D eigenvalue weighted by molar-refractivity contribution is -0.141. The van der Waals surface area contributed by atoms with Crippen LogP contribution in [-0.2, 0) is 25.8 Å². The van der Waals surface area contributed by atoms with Gasteiger partial charge in [0.25, 0.3) is 5.91 Å². The highest BCUT2D eigenvalue weighted by molar-refractivity contribution is 5.95. The maximum atomic E-state index is 14.1. The summed E-state index contributed by atoms with van der Waals surface area (Å²) >= 11 is 0. The van der Waals surface area contributed by atoms with E-state index in [4.69, 9.17) is 4.74 Å². The molecular weight excluding hydrogens is 497 g/mol. The number of benzene rings is 2. The van der Waals surface area contributed by atoms with Crippen molar-refractivity contribution in [2.75, 3.05) is 7.11 Å². The third kappa shape index (κ3) is 6.13. The maximum Gasteiger partial charge on any atom is 0.435 e. The molecule has 37 heavy (non-hydrogen) atoms. The van der Waals surface area contributed by atoms with Crippen molar-refractivity contribution in [2.24, 2.45) is 0 Å². The molecule has 0 aliphatic rings. The van der Waals surface area contributed by atoms with Gasteiger partial charge in [0.05, 0.1) is 32.0 Å². The Morgan fingerprint density at radius 1 is 1.00 bits per heavy atom. The van der Waals surface area contributed by atoms with E-state index in [1.165, 1.54) is 7.11 Å². The number of rotatable bonds is 8. The Hall–Kier alpha value is -4.22. The molecule has 4 rings (SSSR count). The van der Waals surface area contributed by atoms with Gasteiger partial charge in [-0.2, -0.15) is 23.4 Å². The van der Waals surface area contributed by atoms with Gasteiger partial charge in [-0.15, -0.1) is 0 Å². The number of ether oxygens (including phenoxy) is 1. The van der Waals surface area contributed by atoms with Crippen molar-refractivity contribution in [1.29, 1.82) is 0 Å². The zero-order valence-corrected chi connectivity index (χ0v) is 19.8. The summed E-state index contributed by atoms with van der Waals surface area (Å²) in [5, 5.41) is 9.91. The minimum absolute atomic E-state index is 0.0285. The molecule has 0 saturated heterocycles. The van der Waals surface area contributed by atoms with Crippen LogP contribution in [0.3, 0.4) is 0 Å². The number of methoxy groups -OCH3 is 1. The molecule has 0 saturated carbocycles. The largest absolute Gasteiger partial charge is 0.497 e. The highest BCUT2D eigenvalue weighted by atomic mass is 19.4. The van der Waals surface area contributed by atoms with Crippen molar-refractivity contribution >= 4 is 5.91 Å². The van der Waals surface area contributed by atoms with Gasteiger partial charge in [-0.3, -0.25) is 14.2 Å². The van der Waals surface area contributed by atoms with Crippen LogP contribution in [0.5, 0.6) is 5.75 Å². The van der Waals surface area contributed by atoms with E-state index in [0.29, 0.717) is 12.1 Å². The van der Waals surface area contributed by atoms with Gasteiger partial charge in [0, 0.05) is 36.6 Å². The molecule has 194 valence electrons. The van der Waals surface area contributed by atoms with E-state index >= 15 is 0 Å². The lowest BCUT2D eigenvalue weighted by atomic mass is 10.1. The second-order valence-corrected chi connectivity index (χ2v) is 8.37. The molecule has 0 spiro atoms. The molecule has 0 aliphatic heterocycles. The first kappa shape index (κ1) is 25.9. The van der Waals surface area contributed by atoms with Gasteiger partial charge in [0.2, 0.25) is 0 Å². The predicted molar refractivity (Wildman–Crippen MR) is 123 cm³/mol. The molecule has 0 fully saturated rings. The quantitative estimate of drug-likeness (QED) is 0.342. The summed E-state index contributed by atoms with van der Waals surface area (Å²) in [6.07, 6.45) is -0.331. The smallest absolute Gasteiger partial charge is 0.435 e. The van der Waals surface area contributed by atoms with Crippen LogP contribution < -0.4 is 10.1 Å². The average molecular weight is 519 g/mol. The topological polar surface area (TPSA) is 74.0 Å². The molecule has 12 heteroatoms. The summed E-state index contributed by atoms with van der Waals surface area (Å²) in [6, 6.07) is 8.96. The lowest BCUT2D eigenvalue weighted by Gasteiger charge is -2.10. The van der Waals surface area contributed by atoms with Crippen LogP contribution in [0.15, 0.2) is 55.0 Å². The van der Waals surface area contributed by atoms with Crippen molar-refractivity contribution < 1.29 is 31.5 Å². The molecule has 2 aromatic carbocycles.